The molecule has 1 saturated carbocycles. The Morgan fingerprint density at radius 2 is 1.75 bits per heavy atom. The number of nitrogens with zero attached hydrogens (tertiary/aromatic N) is 6. The molecule has 4 heterocycles. The van der Waals surface area contributed by atoms with Gasteiger partial charge < -0.3 is 10.1 Å². The average molecular weight is 556 g/mol. The van der Waals surface area contributed by atoms with Crippen LogP contribution in [0.4, 0.5) is 10.9 Å². The first kappa shape index (κ1) is 26.8. The van der Waals surface area contributed by atoms with Crippen LogP contribution in [0.5, 0.6) is 6.01 Å². The molecule has 0 amide bonds. The molecule has 40 heavy (non-hydrogen) atoms. The van der Waals surface area contributed by atoms with Crippen molar-refractivity contribution in [3.05, 3.63) is 71.9 Å². The van der Waals surface area contributed by atoms with Gasteiger partial charge in [0.25, 0.3) is 0 Å². The van der Waals surface area contributed by atoms with Crippen LogP contribution in [0.25, 0.3) is 10.6 Å². The Bertz CT molecular complexity index is 1360. The summed E-state index contributed by atoms with van der Waals surface area (Å²) in [7, 11) is 0. The topological polar surface area (TPSA) is 89.0 Å². The lowest BCUT2D eigenvalue weighted by molar-refractivity contribution is 0.142. The highest BCUT2D eigenvalue weighted by atomic mass is 32.1. The number of piperidine rings is 1. The molecule has 1 saturated heterocycles. The van der Waals surface area contributed by atoms with Crippen molar-refractivity contribution in [2.45, 2.75) is 70.9 Å². The predicted octanol–water partition coefficient (Wildman–Crippen LogP) is 6.61. The summed E-state index contributed by atoms with van der Waals surface area (Å²) in [6, 6.07) is 13.3. The highest BCUT2D eigenvalue weighted by Gasteiger charge is 2.20. The number of anilines is 2. The zero-order chi connectivity index (χ0) is 27.1. The van der Waals surface area contributed by atoms with E-state index < -0.39 is 0 Å². The van der Waals surface area contributed by atoms with Crippen molar-refractivity contribution in [3.63, 3.8) is 0 Å². The summed E-state index contributed by atoms with van der Waals surface area (Å²) in [6.45, 7) is 5.03. The summed E-state index contributed by atoms with van der Waals surface area (Å²) in [4.78, 5) is 26.5. The fourth-order valence-electron chi connectivity index (χ4n) is 5.64. The van der Waals surface area contributed by atoms with Crippen LogP contribution in [0.2, 0.25) is 0 Å². The highest BCUT2D eigenvalue weighted by molar-refractivity contribution is 7.18. The second-order valence-corrected chi connectivity index (χ2v) is 12.0. The van der Waals surface area contributed by atoms with Crippen molar-refractivity contribution in [1.29, 1.82) is 0 Å². The Kier molecular flexibility index (Phi) is 8.59. The van der Waals surface area contributed by atoms with Crippen LogP contribution in [0.1, 0.15) is 61.9 Å². The van der Waals surface area contributed by atoms with Gasteiger partial charge in [-0.3, -0.25) is 9.88 Å². The monoisotopic (exact) mass is 555 g/mol. The van der Waals surface area contributed by atoms with Gasteiger partial charge in [-0.15, -0.1) is 0 Å². The molecule has 9 heteroatoms. The molecular formula is C31H37N7OS. The summed E-state index contributed by atoms with van der Waals surface area (Å²) in [5, 5.41) is 4.05. The number of nitrogens with one attached hydrogen (secondary N) is 1. The smallest absolute Gasteiger partial charge is 0.317 e. The quantitative estimate of drug-likeness (QED) is 0.247. The van der Waals surface area contributed by atoms with Crippen molar-refractivity contribution in [1.82, 2.24) is 29.8 Å². The molecule has 1 aromatic carbocycles. The normalized spacial score (nSPS) is 17.1. The van der Waals surface area contributed by atoms with Gasteiger partial charge in [-0.1, -0.05) is 48.1 Å². The van der Waals surface area contributed by atoms with E-state index in [2.05, 4.69) is 65.5 Å². The Labute approximate surface area is 240 Å². The molecular weight excluding hydrogens is 518 g/mol. The third-order valence-corrected chi connectivity index (χ3v) is 8.75. The average Bonchev–Trinajstić information content (AvgIpc) is 3.45. The molecule has 1 aliphatic carbocycles. The fraction of sp³-hybridized carbons (Fsp3) is 0.452. The molecule has 2 aliphatic rings. The fourth-order valence-corrected chi connectivity index (χ4v) is 6.42. The third-order valence-electron chi connectivity index (χ3n) is 7.82. The summed E-state index contributed by atoms with van der Waals surface area (Å²) < 4.78 is 6.12. The molecule has 4 aromatic rings. The van der Waals surface area contributed by atoms with E-state index in [1.165, 1.54) is 55.4 Å². The number of aromatic nitrogens is 5. The standard InChI is InChI=1S/C31H37N7OS/c1-22-16-27(36-30(35-22)39-26-10-6-3-7-11-26)28-19-34-31(40-28)37-29-20-32-25(18-33-29)21-38-14-12-24(13-15-38)17-23-8-4-2-5-9-23/h2,4-5,8-9,16,18-20,24,26H,3,6-7,10-15,17,21H2,1H3,(H,33,34,37). The number of hydrogen-bond donors (Lipinski definition) is 1. The number of aryl methyl sites for hydroxylation is 1. The van der Waals surface area contributed by atoms with Crippen LogP contribution in [-0.2, 0) is 13.0 Å². The van der Waals surface area contributed by atoms with E-state index in [0.717, 1.165) is 65.5 Å². The zero-order valence-corrected chi connectivity index (χ0v) is 23.9. The minimum atomic E-state index is 0.218. The summed E-state index contributed by atoms with van der Waals surface area (Å²) in [5.74, 6) is 1.45. The van der Waals surface area contributed by atoms with Gasteiger partial charge in [-0.2, -0.15) is 4.98 Å². The van der Waals surface area contributed by atoms with Crippen LogP contribution in [-0.4, -0.2) is 49.0 Å². The molecule has 0 unspecified atom stereocenters. The summed E-state index contributed by atoms with van der Waals surface area (Å²) in [6.07, 6.45) is 15.2. The van der Waals surface area contributed by atoms with Crippen LogP contribution in [0.15, 0.2) is 55.0 Å². The number of ether oxygens (including phenoxy) is 1. The van der Waals surface area contributed by atoms with Gasteiger partial charge in [0.05, 0.1) is 28.7 Å². The van der Waals surface area contributed by atoms with Crippen LogP contribution < -0.4 is 10.1 Å². The zero-order valence-electron chi connectivity index (χ0n) is 23.1. The van der Waals surface area contributed by atoms with E-state index in [0.29, 0.717) is 11.8 Å². The second-order valence-electron chi connectivity index (χ2n) is 11.0. The van der Waals surface area contributed by atoms with E-state index in [4.69, 9.17) is 4.74 Å². The largest absolute Gasteiger partial charge is 0.460 e. The van der Waals surface area contributed by atoms with Crippen molar-refractivity contribution < 1.29 is 4.74 Å². The van der Waals surface area contributed by atoms with Crippen molar-refractivity contribution in [2.24, 2.45) is 5.92 Å². The molecule has 6 rings (SSSR count). The molecule has 0 radical (unpaired) electrons. The molecule has 0 spiro atoms. The second kappa shape index (κ2) is 12.8. The van der Waals surface area contributed by atoms with Crippen LogP contribution in [0, 0.1) is 12.8 Å². The minimum Gasteiger partial charge on any atom is -0.460 e. The van der Waals surface area contributed by atoms with E-state index in [9.17, 15) is 0 Å². The highest BCUT2D eigenvalue weighted by Crippen LogP contribution is 2.31. The molecule has 2 fully saturated rings. The Morgan fingerprint density at radius 1 is 0.925 bits per heavy atom. The van der Waals surface area contributed by atoms with E-state index in [-0.39, 0.29) is 6.10 Å². The SMILES string of the molecule is Cc1cc(-c2cnc(Nc3cnc(CN4CCC(Cc5ccccc5)CC4)cn3)s2)nc(OC2CCCCC2)n1. The van der Waals surface area contributed by atoms with Crippen LogP contribution in [0.3, 0.4) is 0 Å². The number of benzene rings is 1. The molecule has 1 N–H and O–H groups in total. The first-order chi connectivity index (χ1) is 19.7. The van der Waals surface area contributed by atoms with E-state index in [1.54, 1.807) is 6.20 Å². The Balaban J connectivity index is 1.01. The lowest BCUT2D eigenvalue weighted by Gasteiger charge is -2.31. The molecule has 0 bridgehead atoms. The van der Waals surface area contributed by atoms with Crippen molar-refractivity contribution in [3.8, 4) is 16.6 Å². The Morgan fingerprint density at radius 3 is 2.52 bits per heavy atom. The van der Waals surface area contributed by atoms with E-state index in [1.807, 2.05) is 25.4 Å². The van der Waals surface area contributed by atoms with Crippen molar-refractivity contribution >= 4 is 22.3 Å². The van der Waals surface area contributed by atoms with Gasteiger partial charge >= 0.3 is 6.01 Å². The maximum atomic E-state index is 6.12. The lowest BCUT2D eigenvalue weighted by atomic mass is 9.90. The summed E-state index contributed by atoms with van der Waals surface area (Å²) in [5.41, 5.74) is 4.16. The first-order valence-electron chi connectivity index (χ1n) is 14.5. The van der Waals surface area contributed by atoms with E-state index >= 15 is 0 Å². The minimum absolute atomic E-state index is 0.218. The molecule has 1 aliphatic heterocycles. The molecule has 208 valence electrons. The van der Waals surface area contributed by atoms with Crippen molar-refractivity contribution in [2.75, 3.05) is 18.4 Å². The van der Waals surface area contributed by atoms with Gasteiger partial charge in [0.1, 0.15) is 6.10 Å². The first-order valence-corrected chi connectivity index (χ1v) is 15.3. The maximum Gasteiger partial charge on any atom is 0.317 e. The molecule has 0 atom stereocenters. The van der Waals surface area contributed by atoms with Gasteiger partial charge in [-0.05, 0) is 82.5 Å². The van der Waals surface area contributed by atoms with Gasteiger partial charge in [0.2, 0.25) is 0 Å². The van der Waals surface area contributed by atoms with Gasteiger partial charge in [0, 0.05) is 18.4 Å². The number of hydrogen-bond acceptors (Lipinski definition) is 9. The molecule has 3 aromatic heterocycles. The van der Waals surface area contributed by atoms with Crippen LogP contribution >= 0.6 is 11.3 Å². The number of likely N-dealkylation sites (tertiary alicyclic amines) is 1. The summed E-state index contributed by atoms with van der Waals surface area (Å²) >= 11 is 1.53. The number of rotatable bonds is 9. The predicted molar refractivity (Wildman–Crippen MR) is 159 cm³/mol. The van der Waals surface area contributed by atoms with Gasteiger partial charge in [-0.25, -0.2) is 15.0 Å². The lowest BCUT2D eigenvalue weighted by Crippen LogP contribution is -2.34. The Hall–Kier alpha value is -3.43. The maximum absolute atomic E-state index is 6.12. The van der Waals surface area contributed by atoms with Gasteiger partial charge in [0.15, 0.2) is 10.9 Å². The molecule has 8 nitrogen and oxygen atoms in total. The third kappa shape index (κ3) is 7.20. The number of thiazole rings is 1.